The standard InChI is InChI=1S/C12H13N3O5/c1-7(2)12(16)13-4-3-8-5-9(14(17)18)6-10(11(8)13)15(19)20/h5-7H,3-4H2,1-2H3. The van der Waals surface area contributed by atoms with Gasteiger partial charge in [-0.1, -0.05) is 13.8 Å². The van der Waals surface area contributed by atoms with Gasteiger partial charge in [-0.2, -0.15) is 0 Å². The first-order chi connectivity index (χ1) is 9.32. The first-order valence-electron chi connectivity index (χ1n) is 6.10. The fraction of sp³-hybridized carbons (Fsp3) is 0.417. The predicted molar refractivity (Wildman–Crippen MR) is 70.6 cm³/mol. The van der Waals surface area contributed by atoms with Gasteiger partial charge in [0.1, 0.15) is 5.69 Å². The minimum Gasteiger partial charge on any atom is -0.306 e. The zero-order valence-electron chi connectivity index (χ0n) is 11.0. The van der Waals surface area contributed by atoms with Crippen molar-refractivity contribution in [2.45, 2.75) is 20.3 Å². The third-order valence-corrected chi connectivity index (χ3v) is 3.20. The zero-order valence-corrected chi connectivity index (χ0v) is 11.0. The van der Waals surface area contributed by atoms with Gasteiger partial charge in [0.15, 0.2) is 0 Å². The second-order valence-corrected chi connectivity index (χ2v) is 4.88. The smallest absolute Gasteiger partial charge is 0.300 e. The van der Waals surface area contributed by atoms with Crippen molar-refractivity contribution in [1.29, 1.82) is 0 Å². The van der Waals surface area contributed by atoms with Gasteiger partial charge in [-0.05, 0) is 12.0 Å². The Balaban J connectivity index is 2.59. The van der Waals surface area contributed by atoms with Crippen LogP contribution in [-0.2, 0) is 11.2 Å². The molecule has 20 heavy (non-hydrogen) atoms. The van der Waals surface area contributed by atoms with Crippen LogP contribution in [0.15, 0.2) is 12.1 Å². The molecule has 0 fully saturated rings. The highest BCUT2D eigenvalue weighted by Gasteiger charge is 2.35. The summed E-state index contributed by atoms with van der Waals surface area (Å²) >= 11 is 0. The summed E-state index contributed by atoms with van der Waals surface area (Å²) in [5.41, 5.74) is -0.0470. The number of hydrogen-bond donors (Lipinski definition) is 0. The quantitative estimate of drug-likeness (QED) is 0.621. The highest BCUT2D eigenvalue weighted by Crippen LogP contribution is 2.40. The van der Waals surface area contributed by atoms with Crippen LogP contribution in [0.25, 0.3) is 0 Å². The topological polar surface area (TPSA) is 107 Å². The van der Waals surface area contributed by atoms with Crippen LogP contribution in [-0.4, -0.2) is 22.3 Å². The van der Waals surface area contributed by atoms with Crippen molar-refractivity contribution in [3.63, 3.8) is 0 Å². The second-order valence-electron chi connectivity index (χ2n) is 4.88. The number of nitrogens with zero attached hydrogens (tertiary/aromatic N) is 3. The highest BCUT2D eigenvalue weighted by molar-refractivity contribution is 5.99. The Morgan fingerprint density at radius 2 is 1.90 bits per heavy atom. The Bertz CT molecular complexity index is 611. The fourth-order valence-corrected chi connectivity index (χ4v) is 2.28. The summed E-state index contributed by atoms with van der Waals surface area (Å²) in [5.74, 6) is -0.517. The van der Waals surface area contributed by atoms with Crippen molar-refractivity contribution < 1.29 is 14.6 Å². The van der Waals surface area contributed by atoms with Crippen LogP contribution in [0.3, 0.4) is 0 Å². The van der Waals surface area contributed by atoms with Crippen LogP contribution >= 0.6 is 0 Å². The van der Waals surface area contributed by atoms with Crippen LogP contribution in [0.1, 0.15) is 19.4 Å². The van der Waals surface area contributed by atoms with Gasteiger partial charge < -0.3 is 4.90 Å². The molecule has 1 aliphatic rings. The Morgan fingerprint density at radius 3 is 2.40 bits per heavy atom. The van der Waals surface area contributed by atoms with Gasteiger partial charge in [0, 0.05) is 18.5 Å². The molecule has 0 saturated heterocycles. The monoisotopic (exact) mass is 279 g/mol. The number of anilines is 1. The number of fused-ring (bicyclic) bond motifs is 1. The number of carbonyl (C=O) groups excluding carboxylic acids is 1. The van der Waals surface area contributed by atoms with Crippen LogP contribution in [0.5, 0.6) is 0 Å². The van der Waals surface area contributed by atoms with Crippen molar-refractivity contribution in [2.24, 2.45) is 5.92 Å². The molecule has 0 atom stereocenters. The first-order valence-corrected chi connectivity index (χ1v) is 6.10. The molecule has 1 heterocycles. The van der Waals surface area contributed by atoms with E-state index in [-0.39, 0.29) is 28.9 Å². The summed E-state index contributed by atoms with van der Waals surface area (Å²) in [7, 11) is 0. The lowest BCUT2D eigenvalue weighted by Crippen LogP contribution is -2.32. The van der Waals surface area contributed by atoms with Gasteiger partial charge in [-0.3, -0.25) is 25.0 Å². The minimum absolute atomic E-state index is 0.194. The molecular weight excluding hydrogens is 266 g/mol. The van der Waals surface area contributed by atoms with Gasteiger partial charge in [0.2, 0.25) is 5.91 Å². The third-order valence-electron chi connectivity index (χ3n) is 3.20. The molecule has 2 rings (SSSR count). The second kappa shape index (κ2) is 4.87. The normalized spacial score (nSPS) is 13.4. The maximum absolute atomic E-state index is 12.1. The average Bonchev–Trinajstić information content (AvgIpc) is 2.79. The fourth-order valence-electron chi connectivity index (χ4n) is 2.28. The van der Waals surface area contributed by atoms with E-state index in [1.807, 2.05) is 0 Å². The van der Waals surface area contributed by atoms with Crippen LogP contribution in [0.2, 0.25) is 0 Å². The van der Waals surface area contributed by atoms with E-state index >= 15 is 0 Å². The Labute approximate surface area is 114 Å². The summed E-state index contributed by atoms with van der Waals surface area (Å²) in [6.07, 6.45) is 0.385. The van der Waals surface area contributed by atoms with E-state index in [4.69, 9.17) is 0 Å². The van der Waals surface area contributed by atoms with Gasteiger partial charge in [-0.15, -0.1) is 0 Å². The molecule has 0 aliphatic carbocycles. The molecule has 106 valence electrons. The molecule has 0 saturated carbocycles. The lowest BCUT2D eigenvalue weighted by Gasteiger charge is -2.19. The van der Waals surface area contributed by atoms with Gasteiger partial charge in [0.25, 0.3) is 11.4 Å². The number of nitro benzene ring substituents is 2. The summed E-state index contributed by atoms with van der Waals surface area (Å²) in [6.45, 7) is 3.73. The lowest BCUT2D eigenvalue weighted by molar-refractivity contribution is -0.393. The molecule has 1 amide bonds. The molecule has 1 aromatic carbocycles. The van der Waals surface area contributed by atoms with E-state index in [1.54, 1.807) is 13.8 Å². The lowest BCUT2D eigenvalue weighted by atomic mass is 10.1. The minimum atomic E-state index is -0.683. The number of benzene rings is 1. The molecule has 0 bridgehead atoms. The van der Waals surface area contributed by atoms with E-state index in [0.717, 1.165) is 6.07 Å². The van der Waals surface area contributed by atoms with E-state index in [2.05, 4.69) is 0 Å². The molecule has 0 spiro atoms. The van der Waals surface area contributed by atoms with E-state index in [0.29, 0.717) is 18.5 Å². The number of hydrogen-bond acceptors (Lipinski definition) is 5. The molecule has 0 aromatic heterocycles. The van der Waals surface area contributed by atoms with Gasteiger partial charge >= 0.3 is 0 Å². The van der Waals surface area contributed by atoms with E-state index in [1.165, 1.54) is 11.0 Å². The summed E-state index contributed by atoms with van der Waals surface area (Å²) in [6, 6.07) is 2.21. The van der Waals surface area contributed by atoms with Crippen LogP contribution in [0, 0.1) is 26.1 Å². The van der Waals surface area contributed by atoms with Crippen LogP contribution in [0.4, 0.5) is 17.1 Å². The number of non-ortho nitro benzene ring substituents is 1. The SMILES string of the molecule is CC(C)C(=O)N1CCc2cc([N+](=O)[O-])cc([N+](=O)[O-])c21. The molecular formula is C12H13N3O5. The summed E-state index contributed by atoms with van der Waals surface area (Å²) < 4.78 is 0. The molecule has 8 nitrogen and oxygen atoms in total. The molecule has 0 unspecified atom stereocenters. The number of nitro groups is 2. The number of carbonyl (C=O) groups is 1. The highest BCUT2D eigenvalue weighted by atomic mass is 16.6. The van der Waals surface area contributed by atoms with Gasteiger partial charge in [-0.25, -0.2) is 0 Å². The van der Waals surface area contributed by atoms with Crippen molar-refractivity contribution in [1.82, 2.24) is 0 Å². The summed E-state index contributed by atoms with van der Waals surface area (Å²) in [4.78, 5) is 34.0. The zero-order chi connectivity index (χ0) is 15.0. The molecule has 1 aromatic rings. The van der Waals surface area contributed by atoms with Gasteiger partial charge in [0.05, 0.1) is 15.9 Å². The van der Waals surface area contributed by atoms with E-state index < -0.39 is 9.85 Å². The number of amides is 1. The van der Waals surface area contributed by atoms with Crippen LogP contribution < -0.4 is 4.90 Å². The summed E-state index contributed by atoms with van der Waals surface area (Å²) in [5, 5.41) is 21.9. The maximum Gasteiger partial charge on any atom is 0.300 e. The molecule has 1 aliphatic heterocycles. The first kappa shape index (κ1) is 13.9. The Hall–Kier alpha value is -2.51. The Morgan fingerprint density at radius 1 is 1.25 bits per heavy atom. The van der Waals surface area contributed by atoms with Crippen molar-refractivity contribution in [3.05, 3.63) is 37.9 Å². The third kappa shape index (κ3) is 2.20. The molecule has 0 N–H and O–H groups in total. The largest absolute Gasteiger partial charge is 0.306 e. The van der Waals surface area contributed by atoms with Crippen molar-refractivity contribution in [2.75, 3.05) is 11.4 Å². The van der Waals surface area contributed by atoms with Crippen molar-refractivity contribution in [3.8, 4) is 0 Å². The maximum atomic E-state index is 12.1. The Kier molecular flexibility index (Phi) is 3.39. The predicted octanol–water partition coefficient (Wildman–Crippen LogP) is 2.05. The number of rotatable bonds is 3. The molecule has 0 radical (unpaired) electrons. The molecule has 8 heteroatoms. The van der Waals surface area contributed by atoms with Crippen molar-refractivity contribution >= 4 is 23.0 Å². The average molecular weight is 279 g/mol. The van der Waals surface area contributed by atoms with E-state index in [9.17, 15) is 25.0 Å².